The van der Waals surface area contributed by atoms with Crippen LogP contribution in [0.25, 0.3) is 0 Å². The second-order valence-corrected chi connectivity index (χ2v) is 4.20. The van der Waals surface area contributed by atoms with Gasteiger partial charge < -0.3 is 5.11 Å². The third kappa shape index (κ3) is 2.30. The second-order valence-electron chi connectivity index (χ2n) is 4.20. The van der Waals surface area contributed by atoms with Crippen LogP contribution in [0.5, 0.6) is 0 Å². The molecule has 0 atom stereocenters. The molecule has 0 spiro atoms. The summed E-state index contributed by atoms with van der Waals surface area (Å²) < 4.78 is 0. The molecule has 0 aromatic heterocycles. The summed E-state index contributed by atoms with van der Waals surface area (Å²) in [6.07, 6.45) is 4.21. The van der Waals surface area contributed by atoms with Crippen LogP contribution in [0.1, 0.15) is 55.5 Å². The molecule has 1 aromatic carbocycles. The SMILES string of the molecule is CCc1cc(CC)c(CO)c(CC)c1CC. The highest BCUT2D eigenvalue weighted by Crippen LogP contribution is 2.26. The first-order chi connectivity index (χ1) is 7.73. The van der Waals surface area contributed by atoms with Gasteiger partial charge in [-0.1, -0.05) is 33.8 Å². The summed E-state index contributed by atoms with van der Waals surface area (Å²) in [5.41, 5.74) is 6.83. The lowest BCUT2D eigenvalue weighted by Gasteiger charge is -2.19. The normalized spacial score (nSPS) is 10.8. The molecule has 1 rings (SSSR count). The fourth-order valence-electron chi connectivity index (χ4n) is 2.65. The Kier molecular flexibility index (Phi) is 5.01. The highest BCUT2D eigenvalue weighted by atomic mass is 16.3. The summed E-state index contributed by atoms with van der Waals surface area (Å²) in [5, 5.41) is 9.55. The highest BCUT2D eigenvalue weighted by Gasteiger charge is 2.13. The van der Waals surface area contributed by atoms with Crippen molar-refractivity contribution in [2.24, 2.45) is 0 Å². The van der Waals surface area contributed by atoms with E-state index in [9.17, 15) is 5.11 Å². The number of benzene rings is 1. The van der Waals surface area contributed by atoms with E-state index in [0.29, 0.717) is 0 Å². The molecule has 0 fully saturated rings. The second kappa shape index (κ2) is 6.05. The minimum atomic E-state index is 0.184. The van der Waals surface area contributed by atoms with E-state index in [1.807, 2.05) is 0 Å². The summed E-state index contributed by atoms with van der Waals surface area (Å²) in [7, 11) is 0. The van der Waals surface area contributed by atoms with Crippen LogP contribution >= 0.6 is 0 Å². The Morgan fingerprint density at radius 3 is 1.62 bits per heavy atom. The molecule has 0 aliphatic rings. The summed E-state index contributed by atoms with van der Waals surface area (Å²) in [5.74, 6) is 0. The number of hydrogen-bond donors (Lipinski definition) is 1. The molecule has 0 saturated heterocycles. The van der Waals surface area contributed by atoms with Crippen molar-refractivity contribution in [1.82, 2.24) is 0 Å². The maximum absolute atomic E-state index is 9.55. The monoisotopic (exact) mass is 220 g/mol. The molecule has 0 aliphatic carbocycles. The lowest BCUT2D eigenvalue weighted by atomic mass is 9.87. The van der Waals surface area contributed by atoms with Crippen molar-refractivity contribution in [2.75, 3.05) is 0 Å². The summed E-state index contributed by atoms with van der Waals surface area (Å²) in [4.78, 5) is 0. The van der Waals surface area contributed by atoms with Gasteiger partial charge in [0.1, 0.15) is 0 Å². The standard InChI is InChI=1S/C15H24O/c1-5-11-9-12(6-2)15(10-16)14(8-4)13(11)7-3/h9,16H,5-8,10H2,1-4H3. The van der Waals surface area contributed by atoms with Crippen molar-refractivity contribution in [3.05, 3.63) is 33.9 Å². The van der Waals surface area contributed by atoms with Gasteiger partial charge in [0.05, 0.1) is 6.61 Å². The van der Waals surface area contributed by atoms with Gasteiger partial charge in [0.2, 0.25) is 0 Å². The van der Waals surface area contributed by atoms with Gasteiger partial charge in [0.15, 0.2) is 0 Å². The summed E-state index contributed by atoms with van der Waals surface area (Å²) in [6, 6.07) is 2.30. The Labute approximate surface area is 99.5 Å². The average Bonchev–Trinajstić information content (AvgIpc) is 2.35. The molecule has 1 N–H and O–H groups in total. The van der Waals surface area contributed by atoms with Crippen molar-refractivity contribution < 1.29 is 5.11 Å². The Hall–Kier alpha value is -0.820. The van der Waals surface area contributed by atoms with Gasteiger partial charge in [0, 0.05) is 0 Å². The molecule has 0 saturated carbocycles. The quantitative estimate of drug-likeness (QED) is 0.806. The van der Waals surface area contributed by atoms with E-state index in [4.69, 9.17) is 0 Å². The van der Waals surface area contributed by atoms with Crippen molar-refractivity contribution >= 4 is 0 Å². The van der Waals surface area contributed by atoms with Crippen molar-refractivity contribution in [1.29, 1.82) is 0 Å². The predicted octanol–water partition coefficient (Wildman–Crippen LogP) is 3.43. The van der Waals surface area contributed by atoms with Crippen LogP contribution in [0.4, 0.5) is 0 Å². The zero-order valence-electron chi connectivity index (χ0n) is 11.1. The Bertz CT molecular complexity index is 323. The summed E-state index contributed by atoms with van der Waals surface area (Å²) in [6.45, 7) is 8.96. The lowest BCUT2D eigenvalue weighted by molar-refractivity contribution is 0.279. The fraction of sp³-hybridized carbons (Fsp3) is 0.600. The van der Waals surface area contributed by atoms with Gasteiger partial charge in [-0.05, 0) is 53.5 Å². The van der Waals surface area contributed by atoms with E-state index in [1.54, 1.807) is 0 Å². The van der Waals surface area contributed by atoms with Gasteiger partial charge in [-0.2, -0.15) is 0 Å². The number of aliphatic hydroxyl groups is 1. The Morgan fingerprint density at radius 1 is 0.750 bits per heavy atom. The lowest BCUT2D eigenvalue weighted by Crippen LogP contribution is -2.07. The van der Waals surface area contributed by atoms with Crippen LogP contribution in [-0.2, 0) is 32.3 Å². The van der Waals surface area contributed by atoms with E-state index in [-0.39, 0.29) is 6.61 Å². The molecule has 90 valence electrons. The van der Waals surface area contributed by atoms with E-state index in [1.165, 1.54) is 27.8 Å². The molecule has 0 heterocycles. The van der Waals surface area contributed by atoms with E-state index >= 15 is 0 Å². The molecular weight excluding hydrogens is 196 g/mol. The van der Waals surface area contributed by atoms with Gasteiger partial charge >= 0.3 is 0 Å². The topological polar surface area (TPSA) is 20.2 Å². The minimum Gasteiger partial charge on any atom is -0.392 e. The van der Waals surface area contributed by atoms with E-state index in [0.717, 1.165) is 25.7 Å². The number of aliphatic hydroxyl groups excluding tert-OH is 1. The number of hydrogen-bond acceptors (Lipinski definition) is 1. The van der Waals surface area contributed by atoms with Gasteiger partial charge in [-0.3, -0.25) is 0 Å². The largest absolute Gasteiger partial charge is 0.392 e. The van der Waals surface area contributed by atoms with E-state index in [2.05, 4.69) is 33.8 Å². The smallest absolute Gasteiger partial charge is 0.0687 e. The fourth-order valence-corrected chi connectivity index (χ4v) is 2.65. The molecule has 0 amide bonds. The molecule has 1 nitrogen and oxygen atoms in total. The predicted molar refractivity (Wildman–Crippen MR) is 69.9 cm³/mol. The Morgan fingerprint density at radius 2 is 1.25 bits per heavy atom. The van der Waals surface area contributed by atoms with Crippen LogP contribution in [-0.4, -0.2) is 5.11 Å². The minimum absolute atomic E-state index is 0.184. The number of aryl methyl sites for hydroxylation is 2. The van der Waals surface area contributed by atoms with Crippen LogP contribution in [0.2, 0.25) is 0 Å². The Balaban J connectivity index is 3.47. The molecule has 0 radical (unpaired) electrons. The first-order valence-electron chi connectivity index (χ1n) is 6.49. The zero-order chi connectivity index (χ0) is 12.1. The van der Waals surface area contributed by atoms with Crippen molar-refractivity contribution in [3.8, 4) is 0 Å². The van der Waals surface area contributed by atoms with Gasteiger partial charge in [-0.15, -0.1) is 0 Å². The third-order valence-electron chi connectivity index (χ3n) is 3.48. The molecule has 16 heavy (non-hydrogen) atoms. The molecule has 0 unspecified atom stereocenters. The maximum Gasteiger partial charge on any atom is 0.0687 e. The van der Waals surface area contributed by atoms with E-state index < -0.39 is 0 Å². The third-order valence-corrected chi connectivity index (χ3v) is 3.48. The van der Waals surface area contributed by atoms with Crippen LogP contribution in [0, 0.1) is 0 Å². The highest BCUT2D eigenvalue weighted by molar-refractivity contribution is 5.46. The van der Waals surface area contributed by atoms with Crippen LogP contribution in [0.15, 0.2) is 6.07 Å². The zero-order valence-corrected chi connectivity index (χ0v) is 11.1. The first-order valence-corrected chi connectivity index (χ1v) is 6.49. The molecule has 1 heteroatoms. The maximum atomic E-state index is 9.55. The summed E-state index contributed by atoms with van der Waals surface area (Å²) >= 11 is 0. The van der Waals surface area contributed by atoms with Gasteiger partial charge in [0.25, 0.3) is 0 Å². The molecule has 0 aliphatic heterocycles. The molecule has 0 bridgehead atoms. The van der Waals surface area contributed by atoms with Crippen LogP contribution in [0.3, 0.4) is 0 Å². The van der Waals surface area contributed by atoms with Crippen molar-refractivity contribution in [3.63, 3.8) is 0 Å². The van der Waals surface area contributed by atoms with Crippen LogP contribution < -0.4 is 0 Å². The molecular formula is C15H24O. The number of rotatable bonds is 5. The first kappa shape index (κ1) is 13.2. The van der Waals surface area contributed by atoms with Gasteiger partial charge in [-0.25, -0.2) is 0 Å². The molecule has 1 aromatic rings. The average molecular weight is 220 g/mol. The van der Waals surface area contributed by atoms with Crippen molar-refractivity contribution in [2.45, 2.75) is 60.0 Å².